The lowest BCUT2D eigenvalue weighted by molar-refractivity contribution is -0.118. The van der Waals surface area contributed by atoms with Crippen LogP contribution >= 0.6 is 11.6 Å². The number of nitrogens with zero attached hydrogens (tertiary/aromatic N) is 1. The second-order valence-corrected chi connectivity index (χ2v) is 10.2. The number of halogens is 1. The molecule has 1 fully saturated rings. The number of hydrogen-bond acceptors (Lipinski definition) is 5. The quantitative estimate of drug-likeness (QED) is 0.790. The highest BCUT2D eigenvalue weighted by atomic mass is 35.5. The second kappa shape index (κ2) is 7.38. The lowest BCUT2D eigenvalue weighted by Gasteiger charge is -2.30. The Morgan fingerprint density at radius 2 is 1.88 bits per heavy atom. The second-order valence-electron chi connectivity index (χ2n) is 5.54. The number of hydrogen-bond donors (Lipinski definition) is 1. The molecular formula is C14H19ClN2O5S2. The van der Waals surface area contributed by atoms with Crippen molar-refractivity contribution in [3.8, 4) is 0 Å². The first-order chi connectivity index (χ1) is 11.2. The zero-order valence-electron chi connectivity index (χ0n) is 13.1. The van der Waals surface area contributed by atoms with E-state index in [2.05, 4.69) is 5.32 Å². The monoisotopic (exact) mass is 394 g/mol. The molecule has 1 N–H and O–H groups in total. The molecule has 1 heterocycles. The van der Waals surface area contributed by atoms with Gasteiger partial charge in [0.1, 0.15) is 5.75 Å². The van der Waals surface area contributed by atoms with Crippen molar-refractivity contribution in [2.75, 3.05) is 25.9 Å². The van der Waals surface area contributed by atoms with Gasteiger partial charge in [-0.1, -0.05) is 17.7 Å². The Labute approximate surface area is 147 Å². The van der Waals surface area contributed by atoms with E-state index in [-0.39, 0.29) is 30.8 Å². The molecular weight excluding hydrogens is 376 g/mol. The summed E-state index contributed by atoms with van der Waals surface area (Å²) in [5.74, 6) is -1.14. The summed E-state index contributed by atoms with van der Waals surface area (Å²) < 4.78 is 50.8. The van der Waals surface area contributed by atoms with Crippen molar-refractivity contribution in [1.29, 1.82) is 0 Å². The molecule has 24 heavy (non-hydrogen) atoms. The molecule has 0 aromatic heterocycles. The molecule has 0 spiro atoms. The Kier molecular flexibility index (Phi) is 5.90. The number of sulfonamides is 1. The summed E-state index contributed by atoms with van der Waals surface area (Å²) in [6.07, 6.45) is 0.332. The average Bonchev–Trinajstić information content (AvgIpc) is 2.54. The molecule has 0 bridgehead atoms. The first kappa shape index (κ1) is 19.2. The summed E-state index contributed by atoms with van der Waals surface area (Å²) in [5, 5.41) is 1.89. The number of carbonyl (C=O) groups excluding carboxylic acids is 1. The van der Waals surface area contributed by atoms with Gasteiger partial charge >= 0.3 is 0 Å². The van der Waals surface area contributed by atoms with Crippen LogP contribution in [-0.2, 0) is 24.7 Å². The SMILES string of the molecule is CNC(=O)CS(=O)(=O)C1CCN(S(=O)(=O)c2cccc(Cl)c2)CC1. The van der Waals surface area contributed by atoms with Crippen LogP contribution in [0.4, 0.5) is 0 Å². The van der Waals surface area contributed by atoms with Crippen molar-refractivity contribution < 1.29 is 21.6 Å². The standard InChI is InChI=1S/C14H19ClN2O5S2/c1-16-14(18)10-23(19,20)12-5-7-17(8-6-12)24(21,22)13-4-2-3-11(15)9-13/h2-4,9,12H,5-8,10H2,1H3,(H,16,18). The lowest BCUT2D eigenvalue weighted by Crippen LogP contribution is -2.44. The molecule has 1 amide bonds. The van der Waals surface area contributed by atoms with E-state index in [0.29, 0.717) is 5.02 Å². The van der Waals surface area contributed by atoms with Gasteiger partial charge in [-0.3, -0.25) is 4.79 Å². The Balaban J connectivity index is 2.08. The van der Waals surface area contributed by atoms with Gasteiger partial charge < -0.3 is 5.32 Å². The molecule has 0 atom stereocenters. The largest absolute Gasteiger partial charge is 0.358 e. The van der Waals surface area contributed by atoms with Gasteiger partial charge in [-0.05, 0) is 31.0 Å². The summed E-state index contributed by atoms with van der Waals surface area (Å²) in [6.45, 7) is 0.180. The molecule has 7 nitrogen and oxygen atoms in total. The van der Waals surface area contributed by atoms with Crippen molar-refractivity contribution >= 4 is 37.4 Å². The maximum Gasteiger partial charge on any atom is 0.243 e. The van der Waals surface area contributed by atoms with Crippen molar-refractivity contribution in [3.05, 3.63) is 29.3 Å². The van der Waals surface area contributed by atoms with E-state index in [1.165, 1.54) is 23.5 Å². The lowest BCUT2D eigenvalue weighted by atomic mass is 10.2. The minimum Gasteiger partial charge on any atom is -0.358 e. The molecule has 1 aliphatic rings. The van der Waals surface area contributed by atoms with Gasteiger partial charge in [0.2, 0.25) is 15.9 Å². The summed E-state index contributed by atoms with van der Waals surface area (Å²) in [4.78, 5) is 11.4. The predicted molar refractivity (Wildman–Crippen MR) is 91.1 cm³/mol. The van der Waals surface area contributed by atoms with Crippen LogP contribution in [-0.4, -0.2) is 58.2 Å². The van der Waals surface area contributed by atoms with Crippen molar-refractivity contribution in [2.45, 2.75) is 23.0 Å². The van der Waals surface area contributed by atoms with Gasteiger partial charge in [0.15, 0.2) is 9.84 Å². The zero-order valence-corrected chi connectivity index (χ0v) is 15.5. The molecule has 134 valence electrons. The number of carbonyl (C=O) groups is 1. The summed E-state index contributed by atoms with van der Waals surface area (Å²) in [6, 6.07) is 5.95. The molecule has 0 aliphatic carbocycles. The van der Waals surface area contributed by atoms with Crippen molar-refractivity contribution in [3.63, 3.8) is 0 Å². The third-order valence-corrected chi connectivity index (χ3v) is 8.24. The fraction of sp³-hybridized carbons (Fsp3) is 0.500. The van der Waals surface area contributed by atoms with Crippen LogP contribution in [0, 0.1) is 0 Å². The van der Waals surface area contributed by atoms with Gasteiger partial charge in [-0.2, -0.15) is 4.31 Å². The van der Waals surface area contributed by atoms with Gasteiger partial charge in [-0.25, -0.2) is 16.8 Å². The Bertz CT molecular complexity index is 815. The van der Waals surface area contributed by atoms with Crippen molar-refractivity contribution in [2.24, 2.45) is 0 Å². The molecule has 0 radical (unpaired) electrons. The van der Waals surface area contributed by atoms with E-state index in [1.54, 1.807) is 12.1 Å². The van der Waals surface area contributed by atoms with Gasteiger partial charge in [-0.15, -0.1) is 0 Å². The minimum atomic E-state index is -3.71. The Hall–Kier alpha value is -1.16. The fourth-order valence-corrected chi connectivity index (χ4v) is 6.03. The van der Waals surface area contributed by atoms with Crippen LogP contribution < -0.4 is 5.32 Å². The summed E-state index contributed by atoms with van der Waals surface area (Å²) >= 11 is 5.83. The molecule has 10 heteroatoms. The highest BCUT2D eigenvalue weighted by molar-refractivity contribution is 7.92. The number of sulfone groups is 1. The topological polar surface area (TPSA) is 101 Å². The fourth-order valence-electron chi connectivity index (χ4n) is 2.58. The van der Waals surface area contributed by atoms with Crippen LogP contribution in [0.2, 0.25) is 5.02 Å². The van der Waals surface area contributed by atoms with Gasteiger partial charge in [0.05, 0.1) is 10.1 Å². The Morgan fingerprint density at radius 1 is 1.25 bits per heavy atom. The van der Waals surface area contributed by atoms with E-state index < -0.39 is 36.8 Å². The first-order valence-corrected chi connectivity index (χ1v) is 10.9. The molecule has 0 unspecified atom stereocenters. The third kappa shape index (κ3) is 4.27. The maximum atomic E-state index is 12.6. The van der Waals surface area contributed by atoms with Crippen LogP contribution in [0.3, 0.4) is 0 Å². The molecule has 1 aromatic carbocycles. The van der Waals surface area contributed by atoms with Crippen molar-refractivity contribution in [1.82, 2.24) is 9.62 Å². The van der Waals surface area contributed by atoms with Crippen LogP contribution in [0.15, 0.2) is 29.2 Å². The number of rotatable bonds is 5. The molecule has 0 saturated carbocycles. The average molecular weight is 395 g/mol. The highest BCUT2D eigenvalue weighted by Gasteiger charge is 2.35. The van der Waals surface area contributed by atoms with Crippen LogP contribution in [0.5, 0.6) is 0 Å². The minimum absolute atomic E-state index is 0.0849. The number of benzene rings is 1. The smallest absolute Gasteiger partial charge is 0.243 e. The number of nitrogens with one attached hydrogen (secondary N) is 1. The highest BCUT2D eigenvalue weighted by Crippen LogP contribution is 2.25. The van der Waals surface area contributed by atoms with E-state index in [4.69, 9.17) is 11.6 Å². The third-order valence-electron chi connectivity index (χ3n) is 3.95. The Morgan fingerprint density at radius 3 is 2.42 bits per heavy atom. The van der Waals surface area contributed by atoms with Crippen LogP contribution in [0.1, 0.15) is 12.8 Å². The first-order valence-electron chi connectivity index (χ1n) is 7.34. The van der Waals surface area contributed by atoms with Gasteiger partial charge in [0.25, 0.3) is 0 Å². The number of piperidine rings is 1. The van der Waals surface area contributed by atoms with E-state index in [1.807, 2.05) is 0 Å². The summed E-state index contributed by atoms with van der Waals surface area (Å²) in [5.41, 5.74) is 0. The predicted octanol–water partition coefficient (Wildman–Crippen LogP) is 0.654. The normalized spacial score (nSPS) is 17.6. The molecule has 1 saturated heterocycles. The zero-order chi connectivity index (χ0) is 18.0. The van der Waals surface area contributed by atoms with E-state index >= 15 is 0 Å². The maximum absolute atomic E-state index is 12.6. The molecule has 1 aliphatic heterocycles. The van der Waals surface area contributed by atoms with Crippen LogP contribution in [0.25, 0.3) is 0 Å². The van der Waals surface area contributed by atoms with Gasteiger partial charge in [0, 0.05) is 25.2 Å². The molecule has 1 aromatic rings. The van der Waals surface area contributed by atoms with E-state index in [9.17, 15) is 21.6 Å². The van der Waals surface area contributed by atoms with E-state index in [0.717, 1.165) is 0 Å². The summed E-state index contributed by atoms with van der Waals surface area (Å²) in [7, 11) is -5.92. The number of amides is 1. The molecule has 2 rings (SSSR count).